The summed E-state index contributed by atoms with van der Waals surface area (Å²) in [7, 11) is 0. The Morgan fingerprint density at radius 1 is 1.53 bits per heavy atom. The summed E-state index contributed by atoms with van der Waals surface area (Å²) in [6.45, 7) is 2.66. The molecule has 0 aromatic carbocycles. The van der Waals surface area contributed by atoms with Crippen LogP contribution in [0.3, 0.4) is 0 Å². The second-order valence-electron chi connectivity index (χ2n) is 3.68. The molecule has 2 aromatic rings. The molecule has 1 atom stereocenters. The van der Waals surface area contributed by atoms with Gasteiger partial charge >= 0.3 is 0 Å². The first-order valence-corrected chi connectivity index (χ1v) is 5.34. The highest BCUT2D eigenvalue weighted by molar-refractivity contribution is 6.18. The van der Waals surface area contributed by atoms with Gasteiger partial charge < -0.3 is 4.57 Å². The second-order valence-corrected chi connectivity index (χ2v) is 3.98. The van der Waals surface area contributed by atoms with E-state index in [0.29, 0.717) is 17.9 Å². The second kappa shape index (κ2) is 4.06. The molecule has 0 aliphatic heterocycles. The van der Waals surface area contributed by atoms with Gasteiger partial charge in [-0.2, -0.15) is 5.10 Å². The van der Waals surface area contributed by atoms with Gasteiger partial charge in [0.1, 0.15) is 5.52 Å². The molecule has 0 amide bonds. The summed E-state index contributed by atoms with van der Waals surface area (Å²) in [5, 5.41) is 4.00. The Morgan fingerprint density at radius 3 is 3.07 bits per heavy atom. The number of fused-ring (bicyclic) bond motifs is 1. The van der Waals surface area contributed by atoms with Gasteiger partial charge in [0.25, 0.3) is 5.56 Å². The van der Waals surface area contributed by atoms with E-state index >= 15 is 0 Å². The Kier molecular flexibility index (Phi) is 2.77. The lowest BCUT2D eigenvalue weighted by Gasteiger charge is -2.10. The molecular weight excluding hydrogens is 214 g/mol. The third kappa shape index (κ3) is 1.90. The van der Waals surface area contributed by atoms with Crippen molar-refractivity contribution in [2.45, 2.75) is 13.5 Å². The maximum absolute atomic E-state index is 11.9. The van der Waals surface area contributed by atoms with Crippen molar-refractivity contribution in [1.29, 1.82) is 0 Å². The molecule has 0 saturated heterocycles. The van der Waals surface area contributed by atoms with Crippen LogP contribution in [0, 0.1) is 5.92 Å². The first-order valence-electron chi connectivity index (χ1n) is 4.81. The number of alkyl halides is 1. The lowest BCUT2D eigenvalue weighted by atomic mass is 10.2. The van der Waals surface area contributed by atoms with E-state index in [-0.39, 0.29) is 11.5 Å². The van der Waals surface area contributed by atoms with Crippen molar-refractivity contribution in [2.75, 3.05) is 5.88 Å². The zero-order chi connectivity index (χ0) is 10.8. The van der Waals surface area contributed by atoms with Crippen molar-refractivity contribution in [3.05, 3.63) is 35.0 Å². The molecule has 2 heterocycles. The molecule has 2 rings (SSSR count). The number of hydrogen-bond donors (Lipinski definition) is 0. The molecule has 5 heteroatoms. The van der Waals surface area contributed by atoms with Crippen LogP contribution in [0.2, 0.25) is 0 Å². The van der Waals surface area contributed by atoms with Crippen LogP contribution >= 0.6 is 11.6 Å². The Bertz CT molecular complexity index is 517. The monoisotopic (exact) mass is 225 g/mol. The summed E-state index contributed by atoms with van der Waals surface area (Å²) < 4.78 is 3.24. The highest BCUT2D eigenvalue weighted by atomic mass is 35.5. The molecule has 0 bridgehead atoms. The third-order valence-corrected chi connectivity index (χ3v) is 2.84. The van der Waals surface area contributed by atoms with Crippen molar-refractivity contribution in [2.24, 2.45) is 5.92 Å². The molecule has 2 aromatic heterocycles. The zero-order valence-corrected chi connectivity index (χ0v) is 9.18. The maximum atomic E-state index is 11.9. The van der Waals surface area contributed by atoms with E-state index in [4.69, 9.17) is 11.6 Å². The molecule has 0 saturated carbocycles. The number of halogens is 1. The minimum atomic E-state index is -0.0213. The minimum Gasteiger partial charge on any atom is -0.312 e. The highest BCUT2D eigenvalue weighted by Crippen LogP contribution is 2.02. The van der Waals surface area contributed by atoms with E-state index < -0.39 is 0 Å². The molecule has 0 aliphatic rings. The van der Waals surface area contributed by atoms with E-state index in [2.05, 4.69) is 5.10 Å². The zero-order valence-electron chi connectivity index (χ0n) is 8.43. The lowest BCUT2D eigenvalue weighted by molar-refractivity contribution is 0.514. The Morgan fingerprint density at radius 2 is 2.33 bits per heavy atom. The first-order chi connectivity index (χ1) is 7.22. The fourth-order valence-corrected chi connectivity index (χ4v) is 1.59. The van der Waals surface area contributed by atoms with Gasteiger partial charge in [0.15, 0.2) is 0 Å². The van der Waals surface area contributed by atoms with Gasteiger partial charge in [-0.25, -0.2) is 4.52 Å². The average Bonchev–Trinajstić information content (AvgIpc) is 2.70. The summed E-state index contributed by atoms with van der Waals surface area (Å²) in [6, 6.07) is 1.71. The van der Waals surface area contributed by atoms with E-state index in [9.17, 15) is 4.79 Å². The number of aromatic nitrogens is 3. The largest absolute Gasteiger partial charge is 0.312 e. The molecule has 0 spiro atoms. The van der Waals surface area contributed by atoms with Crippen molar-refractivity contribution in [3.63, 3.8) is 0 Å². The van der Waals surface area contributed by atoms with Gasteiger partial charge in [-0.05, 0) is 12.0 Å². The minimum absolute atomic E-state index is 0.0213. The lowest BCUT2D eigenvalue weighted by Crippen LogP contribution is -2.24. The van der Waals surface area contributed by atoms with Crippen LogP contribution in [-0.2, 0) is 6.54 Å². The van der Waals surface area contributed by atoms with Gasteiger partial charge in [0.2, 0.25) is 0 Å². The SMILES string of the molecule is CC(CCl)Cn1ccn2nccc2c1=O. The van der Waals surface area contributed by atoms with E-state index in [1.165, 1.54) is 0 Å². The predicted molar refractivity (Wildman–Crippen MR) is 59.3 cm³/mol. The molecule has 1 unspecified atom stereocenters. The summed E-state index contributed by atoms with van der Waals surface area (Å²) >= 11 is 5.72. The molecule has 0 N–H and O–H groups in total. The fourth-order valence-electron chi connectivity index (χ4n) is 1.49. The van der Waals surface area contributed by atoms with Gasteiger partial charge in [0, 0.05) is 24.8 Å². The van der Waals surface area contributed by atoms with E-state index in [0.717, 1.165) is 0 Å². The molecule has 0 aliphatic carbocycles. The number of hydrogen-bond acceptors (Lipinski definition) is 2. The molecule has 0 radical (unpaired) electrons. The van der Waals surface area contributed by atoms with Crippen LogP contribution in [0.25, 0.3) is 5.52 Å². The van der Waals surface area contributed by atoms with E-state index in [1.807, 2.05) is 6.92 Å². The smallest absolute Gasteiger partial charge is 0.276 e. The van der Waals surface area contributed by atoms with Crippen molar-refractivity contribution in [3.8, 4) is 0 Å². The molecule has 4 nitrogen and oxygen atoms in total. The predicted octanol–water partition coefficient (Wildman–Crippen LogP) is 1.37. The van der Waals surface area contributed by atoms with E-state index in [1.54, 1.807) is 33.7 Å². The Hall–Kier alpha value is -1.29. The summed E-state index contributed by atoms with van der Waals surface area (Å²) in [5.41, 5.74) is 0.575. The molecule has 80 valence electrons. The van der Waals surface area contributed by atoms with Gasteiger partial charge in [0.05, 0.1) is 6.20 Å². The third-order valence-electron chi connectivity index (χ3n) is 2.31. The molecule has 15 heavy (non-hydrogen) atoms. The van der Waals surface area contributed by atoms with Crippen LogP contribution < -0.4 is 5.56 Å². The summed E-state index contributed by atoms with van der Waals surface area (Å²) in [4.78, 5) is 11.9. The summed E-state index contributed by atoms with van der Waals surface area (Å²) in [6.07, 6.45) is 5.13. The highest BCUT2D eigenvalue weighted by Gasteiger charge is 2.06. The first kappa shape index (κ1) is 10.2. The summed E-state index contributed by atoms with van der Waals surface area (Å²) in [5.74, 6) is 0.839. The van der Waals surface area contributed by atoms with Crippen LogP contribution in [0.5, 0.6) is 0 Å². The topological polar surface area (TPSA) is 39.3 Å². The standard InChI is InChI=1S/C10H12ClN3O/c1-8(6-11)7-13-4-5-14-9(10(13)15)2-3-12-14/h2-5,8H,6-7H2,1H3. The Balaban J connectivity index is 2.44. The molecular formula is C10H12ClN3O. The van der Waals surface area contributed by atoms with Crippen LogP contribution in [0.4, 0.5) is 0 Å². The average molecular weight is 226 g/mol. The van der Waals surface area contributed by atoms with Crippen molar-refractivity contribution >= 4 is 17.1 Å². The van der Waals surface area contributed by atoms with Crippen molar-refractivity contribution < 1.29 is 0 Å². The van der Waals surface area contributed by atoms with Gasteiger partial charge in [-0.3, -0.25) is 4.79 Å². The van der Waals surface area contributed by atoms with Crippen LogP contribution in [0.1, 0.15) is 6.92 Å². The van der Waals surface area contributed by atoms with Gasteiger partial charge in [-0.15, -0.1) is 11.6 Å². The number of nitrogens with zero attached hydrogens (tertiary/aromatic N) is 3. The molecule has 0 fully saturated rings. The fraction of sp³-hybridized carbons (Fsp3) is 0.400. The maximum Gasteiger partial charge on any atom is 0.276 e. The quantitative estimate of drug-likeness (QED) is 0.741. The Labute approximate surface area is 92.1 Å². The number of rotatable bonds is 3. The normalized spacial score (nSPS) is 13.2. The van der Waals surface area contributed by atoms with Crippen molar-refractivity contribution in [1.82, 2.24) is 14.2 Å². The van der Waals surface area contributed by atoms with Crippen LogP contribution in [-0.4, -0.2) is 20.1 Å². The van der Waals surface area contributed by atoms with Crippen LogP contribution in [0.15, 0.2) is 29.5 Å². The van der Waals surface area contributed by atoms with Gasteiger partial charge in [-0.1, -0.05) is 6.92 Å².